The van der Waals surface area contributed by atoms with Crippen LogP contribution >= 0.6 is 47.8 Å². The first-order valence-electron chi connectivity index (χ1n) is 5.97. The molecule has 0 amide bonds. The Morgan fingerprint density at radius 1 is 0.947 bits per heavy atom. The van der Waals surface area contributed by atoms with Gasteiger partial charge in [-0.2, -0.15) is 0 Å². The van der Waals surface area contributed by atoms with E-state index < -0.39 is 0 Å². The largest absolute Gasteiger partial charge is 0.313 e. The lowest BCUT2D eigenvalue weighted by atomic mass is 9.99. The van der Waals surface area contributed by atoms with Crippen LogP contribution in [0, 0.1) is 0 Å². The second-order valence-corrected chi connectivity index (χ2v) is 7.02. The average Bonchev–Trinajstić information content (AvgIpc) is 2.39. The first-order valence-corrected chi connectivity index (χ1v) is 8.34. The highest BCUT2D eigenvalue weighted by molar-refractivity contribution is 9.11. The van der Waals surface area contributed by atoms with Crippen LogP contribution in [0.3, 0.4) is 0 Å². The minimum Gasteiger partial charge on any atom is -0.313 e. The minimum atomic E-state index is 0.295. The molecule has 1 nitrogen and oxygen atoms in total. The molecule has 1 N–H and O–H groups in total. The van der Waals surface area contributed by atoms with Crippen molar-refractivity contribution in [3.8, 4) is 0 Å². The summed E-state index contributed by atoms with van der Waals surface area (Å²) in [6.45, 7) is 0. The molecule has 0 aliphatic rings. The van der Waals surface area contributed by atoms with E-state index in [-0.39, 0.29) is 0 Å². The van der Waals surface area contributed by atoms with Gasteiger partial charge >= 0.3 is 0 Å². The molecule has 0 saturated carbocycles. The highest BCUT2D eigenvalue weighted by Crippen LogP contribution is 2.29. The average molecular weight is 448 g/mol. The van der Waals surface area contributed by atoms with E-state index >= 15 is 0 Å². The molecule has 0 bridgehead atoms. The Bertz CT molecular complexity index is 552. The van der Waals surface area contributed by atoms with Crippen LogP contribution in [0.25, 0.3) is 0 Å². The van der Waals surface area contributed by atoms with Gasteiger partial charge in [-0.25, -0.2) is 0 Å². The van der Waals surface area contributed by atoms with Crippen molar-refractivity contribution in [2.45, 2.75) is 12.5 Å². The second-order valence-electron chi connectivity index (χ2n) is 4.34. The maximum Gasteiger partial charge on any atom is 0.0369 e. The van der Waals surface area contributed by atoms with Gasteiger partial charge in [0.1, 0.15) is 0 Å². The Kier molecular flexibility index (Phi) is 5.63. The summed E-state index contributed by atoms with van der Waals surface area (Å²) in [7, 11) is 2.00. The molecular formula is C15H14Br3N. The zero-order chi connectivity index (χ0) is 13.8. The summed E-state index contributed by atoms with van der Waals surface area (Å²) >= 11 is 10.6. The maximum absolute atomic E-state index is 3.64. The first kappa shape index (κ1) is 15.2. The zero-order valence-corrected chi connectivity index (χ0v) is 15.2. The monoisotopic (exact) mass is 445 g/mol. The third-order valence-corrected chi connectivity index (χ3v) is 4.75. The minimum absolute atomic E-state index is 0.295. The fourth-order valence-corrected chi connectivity index (χ4v) is 3.60. The van der Waals surface area contributed by atoms with Crippen LogP contribution in [-0.2, 0) is 6.42 Å². The molecule has 0 radical (unpaired) electrons. The van der Waals surface area contributed by atoms with Crippen molar-refractivity contribution in [2.75, 3.05) is 7.05 Å². The van der Waals surface area contributed by atoms with Crippen molar-refractivity contribution in [1.29, 1.82) is 0 Å². The van der Waals surface area contributed by atoms with Crippen molar-refractivity contribution >= 4 is 47.8 Å². The van der Waals surface area contributed by atoms with Gasteiger partial charge in [-0.05, 0) is 48.9 Å². The molecule has 0 aliphatic heterocycles. The van der Waals surface area contributed by atoms with E-state index in [1.54, 1.807) is 0 Å². The zero-order valence-electron chi connectivity index (χ0n) is 10.5. The van der Waals surface area contributed by atoms with Gasteiger partial charge < -0.3 is 5.32 Å². The third-order valence-electron chi connectivity index (χ3n) is 3.04. The molecule has 0 heterocycles. The summed E-state index contributed by atoms with van der Waals surface area (Å²) in [4.78, 5) is 0. The topological polar surface area (TPSA) is 12.0 Å². The van der Waals surface area contributed by atoms with Crippen molar-refractivity contribution in [2.24, 2.45) is 0 Å². The van der Waals surface area contributed by atoms with E-state index in [1.165, 1.54) is 11.1 Å². The fraction of sp³-hybridized carbons (Fsp3) is 0.200. The lowest BCUT2D eigenvalue weighted by Crippen LogP contribution is -2.19. The summed E-state index contributed by atoms with van der Waals surface area (Å²) < 4.78 is 3.32. The maximum atomic E-state index is 3.64. The Labute approximate surface area is 139 Å². The van der Waals surface area contributed by atoms with E-state index in [9.17, 15) is 0 Å². The van der Waals surface area contributed by atoms with Crippen LogP contribution in [0.5, 0.6) is 0 Å². The van der Waals surface area contributed by atoms with Crippen LogP contribution in [-0.4, -0.2) is 7.05 Å². The van der Waals surface area contributed by atoms with Crippen LogP contribution in [0.1, 0.15) is 17.2 Å². The standard InChI is InChI=1S/C15H14Br3N/c1-19-15(8-10-2-4-11(16)5-3-10)13-7-6-12(17)9-14(13)18/h2-7,9,15,19H,8H2,1H3. The van der Waals surface area contributed by atoms with Crippen molar-refractivity contribution in [3.05, 3.63) is 67.0 Å². The Hall–Kier alpha value is -0.160. The molecule has 2 aromatic rings. The smallest absolute Gasteiger partial charge is 0.0369 e. The van der Waals surface area contributed by atoms with Crippen LogP contribution in [0.4, 0.5) is 0 Å². The first-order chi connectivity index (χ1) is 9.10. The SMILES string of the molecule is CNC(Cc1ccc(Br)cc1)c1ccc(Br)cc1Br. The predicted octanol–water partition coefficient (Wildman–Crippen LogP) is 5.48. The molecule has 1 unspecified atom stereocenters. The van der Waals surface area contributed by atoms with Gasteiger partial charge in [0.25, 0.3) is 0 Å². The van der Waals surface area contributed by atoms with E-state index in [4.69, 9.17) is 0 Å². The molecule has 0 spiro atoms. The summed E-state index contributed by atoms with van der Waals surface area (Å²) in [6.07, 6.45) is 0.962. The molecule has 4 heteroatoms. The highest BCUT2D eigenvalue weighted by Gasteiger charge is 2.13. The molecule has 0 saturated heterocycles. The van der Waals surface area contributed by atoms with Gasteiger partial charge in [0, 0.05) is 19.5 Å². The Morgan fingerprint density at radius 2 is 1.58 bits per heavy atom. The van der Waals surface area contributed by atoms with Gasteiger partial charge in [-0.1, -0.05) is 66.0 Å². The van der Waals surface area contributed by atoms with Crippen LogP contribution in [0.2, 0.25) is 0 Å². The number of likely N-dealkylation sites (N-methyl/N-ethyl adjacent to an activating group) is 1. The van der Waals surface area contributed by atoms with E-state index in [2.05, 4.69) is 95.6 Å². The summed E-state index contributed by atoms with van der Waals surface area (Å²) in [5.41, 5.74) is 2.59. The number of hydrogen-bond donors (Lipinski definition) is 1. The number of nitrogens with one attached hydrogen (secondary N) is 1. The molecular weight excluding hydrogens is 434 g/mol. The predicted molar refractivity (Wildman–Crippen MR) is 91.5 cm³/mol. The van der Waals surface area contributed by atoms with Gasteiger partial charge in [0.2, 0.25) is 0 Å². The molecule has 100 valence electrons. The normalized spacial score (nSPS) is 12.4. The molecule has 19 heavy (non-hydrogen) atoms. The lowest BCUT2D eigenvalue weighted by molar-refractivity contribution is 0.589. The van der Waals surface area contributed by atoms with Gasteiger partial charge in [-0.15, -0.1) is 0 Å². The molecule has 0 fully saturated rings. The van der Waals surface area contributed by atoms with Crippen LogP contribution < -0.4 is 5.32 Å². The molecule has 1 atom stereocenters. The number of hydrogen-bond acceptors (Lipinski definition) is 1. The van der Waals surface area contributed by atoms with E-state index in [0.717, 1.165) is 19.8 Å². The quantitative estimate of drug-likeness (QED) is 0.654. The van der Waals surface area contributed by atoms with Crippen molar-refractivity contribution in [1.82, 2.24) is 5.32 Å². The van der Waals surface area contributed by atoms with Gasteiger partial charge in [0.15, 0.2) is 0 Å². The highest BCUT2D eigenvalue weighted by atomic mass is 79.9. The van der Waals surface area contributed by atoms with Crippen molar-refractivity contribution in [3.63, 3.8) is 0 Å². The fourth-order valence-electron chi connectivity index (χ4n) is 2.01. The summed E-state index contributed by atoms with van der Waals surface area (Å²) in [5, 5.41) is 3.38. The lowest BCUT2D eigenvalue weighted by Gasteiger charge is -2.18. The summed E-state index contributed by atoms with van der Waals surface area (Å²) in [6, 6.07) is 15.1. The second kappa shape index (κ2) is 7.02. The molecule has 0 aromatic heterocycles. The number of rotatable bonds is 4. The molecule has 2 aromatic carbocycles. The van der Waals surface area contributed by atoms with Crippen LogP contribution in [0.15, 0.2) is 55.9 Å². The molecule has 0 aliphatic carbocycles. The van der Waals surface area contributed by atoms with Gasteiger partial charge in [-0.3, -0.25) is 0 Å². The van der Waals surface area contributed by atoms with E-state index in [0.29, 0.717) is 6.04 Å². The molecule has 2 rings (SSSR count). The van der Waals surface area contributed by atoms with E-state index in [1.807, 2.05) is 7.05 Å². The van der Waals surface area contributed by atoms with Crippen molar-refractivity contribution < 1.29 is 0 Å². The Balaban J connectivity index is 2.22. The third kappa shape index (κ3) is 4.15. The summed E-state index contributed by atoms with van der Waals surface area (Å²) in [5.74, 6) is 0. The number of benzene rings is 2. The van der Waals surface area contributed by atoms with Gasteiger partial charge in [0.05, 0.1) is 0 Å². The Morgan fingerprint density at radius 3 is 2.16 bits per heavy atom. The number of halogens is 3.